The van der Waals surface area contributed by atoms with Gasteiger partial charge in [-0.15, -0.1) is 0 Å². The minimum atomic E-state index is -3.96. The first-order valence-electron chi connectivity index (χ1n) is 11.4. The van der Waals surface area contributed by atoms with E-state index < -0.39 is 21.9 Å². The topological polar surface area (TPSA) is 83.1 Å². The molecular formula is C24H29FN4O4S2. The maximum absolute atomic E-state index is 13.9. The van der Waals surface area contributed by atoms with Crippen LogP contribution in [0.15, 0.2) is 47.4 Å². The van der Waals surface area contributed by atoms with Gasteiger partial charge in [0.1, 0.15) is 17.6 Å². The van der Waals surface area contributed by atoms with Gasteiger partial charge in [-0.05, 0) is 82.4 Å². The molecule has 4 rings (SSSR count). The average Bonchev–Trinajstić information content (AvgIpc) is 3.48. The fourth-order valence-electron chi connectivity index (χ4n) is 4.18. The fraction of sp³-hybridized carbons (Fsp3) is 0.417. The van der Waals surface area contributed by atoms with E-state index in [1.165, 1.54) is 27.8 Å². The van der Waals surface area contributed by atoms with E-state index in [0.717, 1.165) is 28.9 Å². The van der Waals surface area contributed by atoms with Gasteiger partial charge in [0.15, 0.2) is 5.13 Å². The highest BCUT2D eigenvalue weighted by atomic mass is 32.2. The molecule has 0 radical (unpaired) electrons. The SMILES string of the molecule is COc1ccc2nc(N(CCCN(C)C)C(=O)C3CCCN3S(=O)(=O)c3ccc(F)cc3)sc2c1. The molecule has 11 heteroatoms. The molecule has 8 nitrogen and oxygen atoms in total. The minimum absolute atomic E-state index is 0.0233. The minimum Gasteiger partial charge on any atom is -0.497 e. The van der Waals surface area contributed by atoms with E-state index in [0.29, 0.717) is 36.7 Å². The van der Waals surface area contributed by atoms with E-state index in [2.05, 4.69) is 4.98 Å². The first-order valence-corrected chi connectivity index (χ1v) is 13.6. The zero-order valence-corrected chi connectivity index (χ0v) is 21.6. The third-order valence-corrected chi connectivity index (χ3v) is 8.94. The molecule has 2 aromatic carbocycles. The predicted molar refractivity (Wildman–Crippen MR) is 135 cm³/mol. The summed E-state index contributed by atoms with van der Waals surface area (Å²) in [4.78, 5) is 22.2. The van der Waals surface area contributed by atoms with E-state index >= 15 is 0 Å². The Labute approximate surface area is 209 Å². The van der Waals surface area contributed by atoms with Crippen LogP contribution in [-0.2, 0) is 14.8 Å². The van der Waals surface area contributed by atoms with Crippen molar-refractivity contribution in [1.29, 1.82) is 0 Å². The van der Waals surface area contributed by atoms with Crippen LogP contribution in [0.25, 0.3) is 10.2 Å². The smallest absolute Gasteiger partial charge is 0.247 e. The first kappa shape index (κ1) is 25.5. The van der Waals surface area contributed by atoms with Crippen LogP contribution < -0.4 is 9.64 Å². The van der Waals surface area contributed by atoms with Crippen LogP contribution in [-0.4, -0.2) is 75.4 Å². The lowest BCUT2D eigenvalue weighted by molar-refractivity contribution is -0.121. The van der Waals surface area contributed by atoms with Crippen LogP contribution in [0.5, 0.6) is 5.75 Å². The van der Waals surface area contributed by atoms with Gasteiger partial charge >= 0.3 is 0 Å². The highest BCUT2D eigenvalue weighted by Crippen LogP contribution is 2.34. The molecule has 0 bridgehead atoms. The van der Waals surface area contributed by atoms with Gasteiger partial charge < -0.3 is 9.64 Å². The molecule has 2 heterocycles. The zero-order valence-electron chi connectivity index (χ0n) is 20.0. The number of ether oxygens (including phenoxy) is 1. The molecule has 1 atom stereocenters. The van der Waals surface area contributed by atoms with E-state index in [9.17, 15) is 17.6 Å². The highest BCUT2D eigenvalue weighted by Gasteiger charge is 2.42. The summed E-state index contributed by atoms with van der Waals surface area (Å²) in [7, 11) is 1.56. The summed E-state index contributed by atoms with van der Waals surface area (Å²) in [5, 5.41) is 0.531. The molecule has 1 aliphatic rings. The Morgan fingerprint density at radius 1 is 1.20 bits per heavy atom. The Morgan fingerprint density at radius 3 is 2.63 bits per heavy atom. The normalized spacial score (nSPS) is 16.8. The monoisotopic (exact) mass is 520 g/mol. The molecule has 1 unspecified atom stereocenters. The molecule has 1 aliphatic heterocycles. The van der Waals surface area contributed by atoms with Gasteiger partial charge in [-0.1, -0.05) is 11.3 Å². The summed E-state index contributed by atoms with van der Waals surface area (Å²) >= 11 is 1.38. The van der Waals surface area contributed by atoms with Crippen molar-refractivity contribution < 1.29 is 22.3 Å². The molecule has 1 fully saturated rings. The highest BCUT2D eigenvalue weighted by molar-refractivity contribution is 7.89. The number of carbonyl (C=O) groups excluding carboxylic acids is 1. The first-order chi connectivity index (χ1) is 16.7. The van der Waals surface area contributed by atoms with Crippen LogP contribution in [0.4, 0.5) is 9.52 Å². The predicted octanol–water partition coefficient (Wildman–Crippen LogP) is 3.58. The lowest BCUT2D eigenvalue weighted by Crippen LogP contribution is -2.48. The number of hydrogen-bond donors (Lipinski definition) is 0. The van der Waals surface area contributed by atoms with Gasteiger partial charge in [-0.25, -0.2) is 17.8 Å². The van der Waals surface area contributed by atoms with Gasteiger partial charge in [0.05, 0.1) is 22.2 Å². The Balaban J connectivity index is 1.66. The number of rotatable bonds is 9. The summed E-state index contributed by atoms with van der Waals surface area (Å²) in [6.07, 6.45) is 1.69. The Morgan fingerprint density at radius 2 is 1.94 bits per heavy atom. The standard InChI is InChI=1S/C24H29FN4O4S2/c1-27(2)13-5-14-28(24-26-20-12-9-18(33-3)16-22(20)34-24)23(30)21-6-4-15-29(21)35(31,32)19-10-7-17(25)8-11-19/h7-12,16,21H,4-6,13-15H2,1-3H3. The maximum Gasteiger partial charge on any atom is 0.247 e. The number of halogens is 1. The lowest BCUT2D eigenvalue weighted by Gasteiger charge is -2.29. The van der Waals surface area contributed by atoms with Crippen molar-refractivity contribution in [3.05, 3.63) is 48.3 Å². The summed E-state index contributed by atoms with van der Waals surface area (Å²) in [6, 6.07) is 9.40. The van der Waals surface area contributed by atoms with Crippen molar-refractivity contribution in [3.8, 4) is 5.75 Å². The van der Waals surface area contributed by atoms with Crippen LogP contribution >= 0.6 is 11.3 Å². The number of benzene rings is 2. The van der Waals surface area contributed by atoms with E-state index in [1.807, 2.05) is 37.2 Å². The molecule has 0 saturated carbocycles. The second-order valence-electron chi connectivity index (χ2n) is 8.70. The number of aromatic nitrogens is 1. The van der Waals surface area contributed by atoms with Gasteiger partial charge in [-0.2, -0.15) is 4.31 Å². The van der Waals surface area contributed by atoms with E-state index in [-0.39, 0.29) is 17.3 Å². The third-order valence-electron chi connectivity index (χ3n) is 5.98. The molecule has 3 aromatic rings. The molecule has 0 spiro atoms. The van der Waals surface area contributed by atoms with E-state index in [1.54, 1.807) is 12.0 Å². The quantitative estimate of drug-likeness (QED) is 0.429. The number of fused-ring (bicyclic) bond motifs is 1. The average molecular weight is 521 g/mol. The second-order valence-corrected chi connectivity index (χ2v) is 11.6. The van der Waals surface area contributed by atoms with Crippen molar-refractivity contribution in [2.75, 3.05) is 45.7 Å². The molecule has 1 amide bonds. The summed E-state index contributed by atoms with van der Waals surface area (Å²) in [5.74, 6) is -0.110. The molecule has 1 aromatic heterocycles. The van der Waals surface area contributed by atoms with Crippen molar-refractivity contribution in [1.82, 2.24) is 14.2 Å². The van der Waals surface area contributed by atoms with Crippen LogP contribution in [0, 0.1) is 5.82 Å². The number of nitrogens with zero attached hydrogens (tertiary/aromatic N) is 4. The van der Waals surface area contributed by atoms with Crippen LogP contribution in [0.1, 0.15) is 19.3 Å². The molecular weight excluding hydrogens is 491 g/mol. The Bertz CT molecular complexity index is 1290. The fourth-order valence-corrected chi connectivity index (χ4v) is 6.85. The molecule has 0 N–H and O–H groups in total. The number of sulfonamides is 1. The number of amides is 1. The number of methoxy groups -OCH3 is 1. The largest absolute Gasteiger partial charge is 0.497 e. The maximum atomic E-state index is 13.9. The zero-order chi connectivity index (χ0) is 25.2. The van der Waals surface area contributed by atoms with Crippen molar-refractivity contribution in [2.45, 2.75) is 30.2 Å². The van der Waals surface area contributed by atoms with Crippen LogP contribution in [0.2, 0.25) is 0 Å². The van der Waals surface area contributed by atoms with Gasteiger partial charge in [0.2, 0.25) is 15.9 Å². The van der Waals surface area contributed by atoms with Crippen LogP contribution in [0.3, 0.4) is 0 Å². The second kappa shape index (κ2) is 10.6. The Hall–Kier alpha value is -2.60. The molecule has 0 aliphatic carbocycles. The summed E-state index contributed by atoms with van der Waals surface area (Å²) in [6.45, 7) is 1.42. The summed E-state index contributed by atoms with van der Waals surface area (Å²) < 4.78 is 47.5. The number of anilines is 1. The molecule has 35 heavy (non-hydrogen) atoms. The third kappa shape index (κ3) is 5.48. The van der Waals surface area contributed by atoms with Gasteiger partial charge in [-0.3, -0.25) is 9.69 Å². The Kier molecular flexibility index (Phi) is 7.70. The summed E-state index contributed by atoms with van der Waals surface area (Å²) in [5.41, 5.74) is 0.749. The molecule has 1 saturated heterocycles. The van der Waals surface area contributed by atoms with Crippen molar-refractivity contribution in [3.63, 3.8) is 0 Å². The molecule has 188 valence electrons. The van der Waals surface area contributed by atoms with Crippen molar-refractivity contribution >= 4 is 42.6 Å². The number of thiazole rings is 1. The van der Waals surface area contributed by atoms with Gasteiger partial charge in [0, 0.05) is 13.1 Å². The van der Waals surface area contributed by atoms with Crippen molar-refractivity contribution in [2.24, 2.45) is 0 Å². The van der Waals surface area contributed by atoms with Gasteiger partial charge in [0.25, 0.3) is 0 Å². The number of hydrogen-bond acceptors (Lipinski definition) is 7. The lowest BCUT2D eigenvalue weighted by atomic mass is 10.2. The number of carbonyl (C=O) groups is 1. The van der Waals surface area contributed by atoms with E-state index in [4.69, 9.17) is 4.74 Å².